The number of hydrogen-bond acceptors (Lipinski definition) is 7. The first-order chi connectivity index (χ1) is 13.3. The first-order valence-corrected chi connectivity index (χ1v) is 9.58. The monoisotopic (exact) mass is 408 g/mol. The second-order valence-corrected chi connectivity index (χ2v) is 6.99. The van der Waals surface area contributed by atoms with Crippen LogP contribution in [0.5, 0.6) is 17.2 Å². The summed E-state index contributed by atoms with van der Waals surface area (Å²) < 4.78 is 40.1. The minimum absolute atomic E-state index is 0.00770. The van der Waals surface area contributed by atoms with Crippen LogP contribution in [-0.2, 0) is 10.0 Å². The van der Waals surface area contributed by atoms with Crippen LogP contribution in [0.2, 0.25) is 0 Å². The van der Waals surface area contributed by atoms with Gasteiger partial charge in [0.1, 0.15) is 11.3 Å². The van der Waals surface area contributed by atoms with Gasteiger partial charge < -0.3 is 19.3 Å². The molecular weight excluding hydrogens is 388 g/mol. The molecule has 2 aromatic carbocycles. The summed E-state index contributed by atoms with van der Waals surface area (Å²) in [5.74, 6) is -0.492. The van der Waals surface area contributed by atoms with E-state index in [1.807, 2.05) is 11.8 Å². The van der Waals surface area contributed by atoms with Crippen molar-refractivity contribution in [3.63, 3.8) is 0 Å². The third kappa shape index (κ3) is 4.71. The average molecular weight is 408 g/mol. The van der Waals surface area contributed by atoms with Gasteiger partial charge in [-0.3, -0.25) is 0 Å². The SMILES string of the molecule is CCOc1ccc(S(=O)(=O)N/N=C\c2ccc(OC)c(OC)c2C(=O)O)cc1. The van der Waals surface area contributed by atoms with E-state index in [0.29, 0.717) is 12.4 Å². The summed E-state index contributed by atoms with van der Waals surface area (Å²) in [5, 5.41) is 13.1. The van der Waals surface area contributed by atoms with Crippen LogP contribution in [0.3, 0.4) is 0 Å². The summed E-state index contributed by atoms with van der Waals surface area (Å²) in [4.78, 5) is 13.6. The number of carboxylic acid groups (broad SMARTS) is 1. The molecule has 0 saturated heterocycles. The van der Waals surface area contributed by atoms with E-state index in [0.717, 1.165) is 6.21 Å². The van der Waals surface area contributed by atoms with Gasteiger partial charge in [-0.15, -0.1) is 0 Å². The number of methoxy groups -OCH3 is 2. The van der Waals surface area contributed by atoms with Gasteiger partial charge in [-0.2, -0.15) is 13.5 Å². The maximum atomic E-state index is 12.3. The fourth-order valence-electron chi connectivity index (χ4n) is 2.37. The molecule has 0 saturated carbocycles. The molecular formula is C18H20N2O7S. The highest BCUT2D eigenvalue weighted by molar-refractivity contribution is 7.89. The highest BCUT2D eigenvalue weighted by Crippen LogP contribution is 2.32. The first-order valence-electron chi connectivity index (χ1n) is 8.10. The van der Waals surface area contributed by atoms with E-state index in [1.165, 1.54) is 50.6 Å². The van der Waals surface area contributed by atoms with Crippen molar-refractivity contribution in [3.05, 3.63) is 47.5 Å². The van der Waals surface area contributed by atoms with Crippen LogP contribution in [-0.4, -0.2) is 46.5 Å². The van der Waals surface area contributed by atoms with Gasteiger partial charge in [-0.05, 0) is 43.3 Å². The van der Waals surface area contributed by atoms with Crippen molar-refractivity contribution >= 4 is 22.2 Å². The quantitative estimate of drug-likeness (QED) is 0.481. The number of ether oxygens (including phenoxy) is 3. The molecule has 0 amide bonds. The molecule has 0 aliphatic carbocycles. The third-order valence-electron chi connectivity index (χ3n) is 3.61. The lowest BCUT2D eigenvalue weighted by atomic mass is 10.1. The smallest absolute Gasteiger partial charge is 0.340 e. The number of rotatable bonds is 9. The van der Waals surface area contributed by atoms with Crippen molar-refractivity contribution in [2.75, 3.05) is 20.8 Å². The van der Waals surface area contributed by atoms with Gasteiger partial charge >= 0.3 is 5.97 Å². The number of sulfonamides is 1. The number of hydrogen-bond donors (Lipinski definition) is 2. The van der Waals surface area contributed by atoms with Crippen LogP contribution in [0.15, 0.2) is 46.4 Å². The predicted molar refractivity (Wildman–Crippen MR) is 102 cm³/mol. The van der Waals surface area contributed by atoms with Crippen molar-refractivity contribution in [2.24, 2.45) is 5.10 Å². The Labute approximate surface area is 162 Å². The van der Waals surface area contributed by atoms with E-state index < -0.39 is 16.0 Å². The third-order valence-corrected chi connectivity index (χ3v) is 4.85. The number of carboxylic acids is 1. The molecule has 0 fully saturated rings. The van der Waals surface area contributed by atoms with Gasteiger partial charge in [-0.25, -0.2) is 9.63 Å². The molecule has 2 aromatic rings. The topological polar surface area (TPSA) is 124 Å². The van der Waals surface area contributed by atoms with Crippen LogP contribution in [0.4, 0.5) is 0 Å². The predicted octanol–water partition coefficient (Wildman–Crippen LogP) is 2.11. The van der Waals surface area contributed by atoms with Gasteiger partial charge in [0.05, 0.1) is 31.9 Å². The molecule has 0 bridgehead atoms. The minimum Gasteiger partial charge on any atom is -0.494 e. The van der Waals surface area contributed by atoms with E-state index in [4.69, 9.17) is 14.2 Å². The second kappa shape index (κ2) is 9.09. The molecule has 0 aromatic heterocycles. The lowest BCUT2D eigenvalue weighted by molar-refractivity contribution is 0.0692. The molecule has 2 rings (SSSR count). The fourth-order valence-corrected chi connectivity index (χ4v) is 3.16. The van der Waals surface area contributed by atoms with Gasteiger partial charge in [0.2, 0.25) is 0 Å². The Morgan fingerprint density at radius 3 is 2.36 bits per heavy atom. The maximum absolute atomic E-state index is 12.3. The molecule has 0 aliphatic rings. The Hall–Kier alpha value is -3.27. The summed E-state index contributed by atoms with van der Waals surface area (Å²) in [6, 6.07) is 8.73. The molecule has 10 heteroatoms. The first kappa shape index (κ1) is 21.0. The molecule has 0 heterocycles. The van der Waals surface area contributed by atoms with E-state index in [2.05, 4.69) is 5.10 Å². The van der Waals surface area contributed by atoms with E-state index in [-0.39, 0.29) is 27.5 Å². The molecule has 9 nitrogen and oxygen atoms in total. The van der Waals surface area contributed by atoms with Crippen molar-refractivity contribution in [1.29, 1.82) is 0 Å². The Bertz CT molecular complexity index is 970. The number of benzene rings is 2. The van der Waals surface area contributed by atoms with Crippen LogP contribution >= 0.6 is 0 Å². The minimum atomic E-state index is -3.93. The normalized spacial score (nSPS) is 11.2. The zero-order valence-electron chi connectivity index (χ0n) is 15.5. The molecule has 0 radical (unpaired) electrons. The highest BCUT2D eigenvalue weighted by Gasteiger charge is 2.20. The van der Waals surface area contributed by atoms with Gasteiger partial charge in [0.25, 0.3) is 10.0 Å². The van der Waals surface area contributed by atoms with Crippen molar-refractivity contribution in [3.8, 4) is 17.2 Å². The van der Waals surface area contributed by atoms with Crippen molar-refractivity contribution < 1.29 is 32.5 Å². The molecule has 0 atom stereocenters. The Morgan fingerprint density at radius 2 is 1.82 bits per heavy atom. The number of hydrazone groups is 1. The number of nitrogens with one attached hydrogen (secondary N) is 1. The number of aromatic carboxylic acids is 1. The van der Waals surface area contributed by atoms with Crippen LogP contribution < -0.4 is 19.0 Å². The van der Waals surface area contributed by atoms with Crippen LogP contribution in [0, 0.1) is 0 Å². The highest BCUT2D eigenvalue weighted by atomic mass is 32.2. The number of carbonyl (C=O) groups is 1. The van der Waals surface area contributed by atoms with Gasteiger partial charge in [-0.1, -0.05) is 0 Å². The lowest BCUT2D eigenvalue weighted by Gasteiger charge is -2.12. The molecule has 0 unspecified atom stereocenters. The fraction of sp³-hybridized carbons (Fsp3) is 0.222. The average Bonchev–Trinajstić information content (AvgIpc) is 2.67. The Balaban J connectivity index is 2.27. The van der Waals surface area contributed by atoms with Gasteiger partial charge in [0.15, 0.2) is 11.5 Å². The van der Waals surface area contributed by atoms with E-state index >= 15 is 0 Å². The summed E-state index contributed by atoms with van der Waals surface area (Å²) in [7, 11) is -1.25. The van der Waals surface area contributed by atoms with E-state index in [1.54, 1.807) is 0 Å². The molecule has 0 aliphatic heterocycles. The molecule has 150 valence electrons. The van der Waals surface area contributed by atoms with Crippen molar-refractivity contribution in [1.82, 2.24) is 4.83 Å². The lowest BCUT2D eigenvalue weighted by Crippen LogP contribution is -2.18. The van der Waals surface area contributed by atoms with E-state index in [9.17, 15) is 18.3 Å². The van der Waals surface area contributed by atoms with Crippen molar-refractivity contribution in [2.45, 2.75) is 11.8 Å². The summed E-state index contributed by atoms with van der Waals surface area (Å²) in [6.07, 6.45) is 1.08. The largest absolute Gasteiger partial charge is 0.494 e. The molecule has 2 N–H and O–H groups in total. The maximum Gasteiger partial charge on any atom is 0.340 e. The summed E-state index contributed by atoms with van der Waals surface area (Å²) in [6.45, 7) is 2.28. The zero-order chi connectivity index (χ0) is 20.7. The number of nitrogens with zero attached hydrogens (tertiary/aromatic N) is 1. The second-order valence-electron chi connectivity index (χ2n) is 5.33. The zero-order valence-corrected chi connectivity index (χ0v) is 16.3. The van der Waals surface area contributed by atoms with Crippen LogP contribution in [0.1, 0.15) is 22.8 Å². The van der Waals surface area contributed by atoms with Gasteiger partial charge in [0, 0.05) is 5.56 Å². The summed E-state index contributed by atoms with van der Waals surface area (Å²) >= 11 is 0. The molecule has 28 heavy (non-hydrogen) atoms. The molecule has 0 spiro atoms. The standard InChI is InChI=1S/C18H20N2O7S/c1-4-27-13-6-8-14(9-7-13)28(23,24)20-19-11-12-5-10-15(25-2)17(26-3)16(12)18(21)22/h5-11,20H,4H2,1-3H3,(H,21,22)/b19-11-. The Kier molecular flexibility index (Phi) is 6.83. The summed E-state index contributed by atoms with van der Waals surface area (Å²) in [5.41, 5.74) is -0.0644. The Morgan fingerprint density at radius 1 is 1.14 bits per heavy atom. The van der Waals surface area contributed by atoms with Crippen LogP contribution in [0.25, 0.3) is 0 Å².